The quantitative estimate of drug-likeness (QED) is 0.462. The molecule has 0 unspecified atom stereocenters. The summed E-state index contributed by atoms with van der Waals surface area (Å²) < 4.78 is 36.0. The molecule has 0 radical (unpaired) electrons. The zero-order valence-corrected chi connectivity index (χ0v) is 12.0. The average molecular weight is 305 g/mol. The molecule has 7 nitrogen and oxygen atoms in total. The second kappa shape index (κ2) is 5.96. The van der Waals surface area contributed by atoms with Gasteiger partial charge < -0.3 is 9.47 Å². The molecular weight excluding hydrogens is 294 g/mol. The van der Waals surface area contributed by atoms with E-state index in [0.29, 0.717) is 0 Å². The molecule has 0 amide bonds. The molecule has 0 saturated carbocycles. The predicted octanol–water partition coefficient (Wildman–Crippen LogP) is 1.35. The number of carbonyl (C=O) groups excluding carboxylic acids is 2. The Morgan fingerprint density at radius 2 is 2.11 bits per heavy atom. The molecule has 0 atom stereocenters. The van der Waals surface area contributed by atoms with Crippen molar-refractivity contribution < 1.29 is 27.5 Å². The van der Waals surface area contributed by atoms with Gasteiger partial charge >= 0.3 is 5.97 Å². The molecule has 0 fully saturated rings. The van der Waals surface area contributed by atoms with Gasteiger partial charge in [-0.2, -0.15) is 8.42 Å². The molecule has 19 heavy (non-hydrogen) atoms. The highest BCUT2D eigenvalue weighted by molar-refractivity contribution is 7.90. The fourth-order valence-electron chi connectivity index (χ4n) is 1.22. The number of carbonyl (C=O) groups is 1. The molecule has 0 aliphatic carbocycles. The molecule has 1 aromatic heterocycles. The molecule has 0 aromatic carbocycles. The van der Waals surface area contributed by atoms with E-state index in [9.17, 15) is 18.0 Å². The summed E-state index contributed by atoms with van der Waals surface area (Å²) in [6, 6.07) is 0. The van der Waals surface area contributed by atoms with Crippen molar-refractivity contribution in [2.45, 2.75) is 24.8 Å². The average Bonchev–Trinajstić information content (AvgIpc) is 2.72. The number of rotatable bonds is 5. The standard InChI is InChI=1S/C10H11NO6S2/c1-6(2)17-10(13)8-9(7(16-3)4-18-8)19(14,15)11-5-12/h4,6H,1-3H3. The number of sulfonamides is 1. The number of nitrogens with zero attached hydrogens (tertiary/aromatic N) is 1. The summed E-state index contributed by atoms with van der Waals surface area (Å²) in [5, 5.41) is 1.32. The topological polar surface area (TPSA) is 99.1 Å². The van der Waals surface area contributed by atoms with E-state index in [1.807, 2.05) is 0 Å². The fourth-order valence-corrected chi connectivity index (χ4v) is 3.45. The number of isocyanates is 1. The van der Waals surface area contributed by atoms with Gasteiger partial charge in [-0.3, -0.25) is 0 Å². The third-order valence-electron chi connectivity index (χ3n) is 1.88. The molecule has 1 aromatic rings. The smallest absolute Gasteiger partial charge is 0.350 e. The van der Waals surface area contributed by atoms with Crippen molar-refractivity contribution in [2.75, 3.05) is 7.11 Å². The van der Waals surface area contributed by atoms with Gasteiger partial charge in [-0.1, -0.05) is 4.40 Å². The van der Waals surface area contributed by atoms with Gasteiger partial charge in [-0.05, 0) is 13.8 Å². The van der Waals surface area contributed by atoms with E-state index in [0.717, 1.165) is 17.4 Å². The van der Waals surface area contributed by atoms with Crippen LogP contribution in [0.2, 0.25) is 0 Å². The van der Waals surface area contributed by atoms with Gasteiger partial charge in [0.15, 0.2) is 10.6 Å². The second-order valence-electron chi connectivity index (χ2n) is 3.57. The van der Waals surface area contributed by atoms with Crippen molar-refractivity contribution in [1.29, 1.82) is 0 Å². The zero-order valence-electron chi connectivity index (χ0n) is 10.4. The van der Waals surface area contributed by atoms with E-state index in [2.05, 4.69) is 4.40 Å². The molecule has 0 aliphatic rings. The Morgan fingerprint density at radius 1 is 1.47 bits per heavy atom. The van der Waals surface area contributed by atoms with Crippen molar-refractivity contribution in [3.05, 3.63) is 10.3 Å². The maximum Gasteiger partial charge on any atom is 0.350 e. The van der Waals surface area contributed by atoms with Crippen LogP contribution in [0, 0.1) is 0 Å². The lowest BCUT2D eigenvalue weighted by atomic mass is 10.4. The van der Waals surface area contributed by atoms with Gasteiger partial charge in [0.1, 0.15) is 4.88 Å². The van der Waals surface area contributed by atoms with Crippen LogP contribution in [0.5, 0.6) is 5.75 Å². The zero-order chi connectivity index (χ0) is 14.6. The molecule has 1 rings (SSSR count). The van der Waals surface area contributed by atoms with Crippen molar-refractivity contribution in [2.24, 2.45) is 4.40 Å². The van der Waals surface area contributed by atoms with Crippen LogP contribution in [0.3, 0.4) is 0 Å². The Labute approximate surface area is 113 Å². The Balaban J connectivity index is 3.41. The van der Waals surface area contributed by atoms with Gasteiger partial charge in [0, 0.05) is 5.38 Å². The Bertz CT molecular complexity index is 624. The van der Waals surface area contributed by atoms with Gasteiger partial charge in [-0.15, -0.1) is 11.3 Å². The minimum atomic E-state index is -4.34. The largest absolute Gasteiger partial charge is 0.494 e. The summed E-state index contributed by atoms with van der Waals surface area (Å²) in [6.45, 7) is 3.25. The van der Waals surface area contributed by atoms with Crippen LogP contribution in [-0.2, 0) is 19.6 Å². The highest BCUT2D eigenvalue weighted by Gasteiger charge is 2.30. The predicted molar refractivity (Wildman–Crippen MR) is 66.7 cm³/mol. The fraction of sp³-hybridized carbons (Fsp3) is 0.400. The number of thiophene rings is 1. The number of esters is 1. The van der Waals surface area contributed by atoms with Crippen molar-refractivity contribution in [3.63, 3.8) is 0 Å². The molecule has 104 valence electrons. The molecule has 0 bridgehead atoms. The van der Waals surface area contributed by atoms with Crippen LogP contribution in [0.25, 0.3) is 0 Å². The number of methoxy groups -OCH3 is 1. The first kappa shape index (κ1) is 15.4. The van der Waals surface area contributed by atoms with E-state index in [-0.39, 0.29) is 10.6 Å². The Hall–Kier alpha value is -1.70. The third-order valence-corrected chi connectivity index (χ3v) is 4.18. The highest BCUT2D eigenvalue weighted by Crippen LogP contribution is 2.35. The number of hydrogen-bond acceptors (Lipinski definition) is 7. The van der Waals surface area contributed by atoms with Crippen LogP contribution in [0.15, 0.2) is 14.7 Å². The molecule has 0 spiro atoms. The number of hydrogen-bond donors (Lipinski definition) is 0. The summed E-state index contributed by atoms with van der Waals surface area (Å²) in [7, 11) is -3.10. The van der Waals surface area contributed by atoms with Crippen molar-refractivity contribution in [1.82, 2.24) is 0 Å². The van der Waals surface area contributed by atoms with E-state index in [1.165, 1.54) is 12.5 Å². The van der Waals surface area contributed by atoms with E-state index in [4.69, 9.17) is 9.47 Å². The van der Waals surface area contributed by atoms with E-state index in [1.54, 1.807) is 13.8 Å². The van der Waals surface area contributed by atoms with Gasteiger partial charge in [0.25, 0.3) is 16.1 Å². The second-order valence-corrected chi connectivity index (χ2v) is 5.99. The van der Waals surface area contributed by atoms with Crippen LogP contribution in [0.4, 0.5) is 0 Å². The lowest BCUT2D eigenvalue weighted by Gasteiger charge is -2.07. The molecule has 0 aliphatic heterocycles. The lowest BCUT2D eigenvalue weighted by Crippen LogP contribution is -2.13. The van der Waals surface area contributed by atoms with Crippen LogP contribution in [0.1, 0.15) is 23.5 Å². The van der Waals surface area contributed by atoms with Crippen molar-refractivity contribution >= 4 is 33.4 Å². The summed E-state index contributed by atoms with van der Waals surface area (Å²) in [4.78, 5) is 21.3. The van der Waals surface area contributed by atoms with E-state index >= 15 is 0 Å². The normalized spacial score (nSPS) is 10.9. The maximum absolute atomic E-state index is 11.8. The molecule has 0 N–H and O–H groups in total. The molecule has 0 saturated heterocycles. The van der Waals surface area contributed by atoms with Crippen LogP contribution >= 0.6 is 11.3 Å². The first-order chi connectivity index (χ1) is 8.83. The summed E-state index contributed by atoms with van der Waals surface area (Å²) >= 11 is 0.835. The van der Waals surface area contributed by atoms with Gasteiger partial charge in [0.05, 0.1) is 13.2 Å². The molecule has 9 heteroatoms. The minimum absolute atomic E-state index is 0.0697. The monoisotopic (exact) mass is 305 g/mol. The number of ether oxygens (including phenoxy) is 2. The van der Waals surface area contributed by atoms with Gasteiger partial charge in [-0.25, -0.2) is 9.59 Å². The first-order valence-electron chi connectivity index (χ1n) is 5.04. The van der Waals surface area contributed by atoms with Crippen LogP contribution in [-0.4, -0.2) is 33.7 Å². The molecular formula is C10H11NO6S2. The van der Waals surface area contributed by atoms with Crippen LogP contribution < -0.4 is 4.74 Å². The SMILES string of the molecule is COc1csc(C(=O)OC(C)C)c1S(=O)(=O)N=C=O. The summed E-state index contributed by atoms with van der Waals surface area (Å²) in [6.07, 6.45) is 0.527. The lowest BCUT2D eigenvalue weighted by molar-refractivity contribution is 0.0379. The highest BCUT2D eigenvalue weighted by atomic mass is 32.2. The summed E-state index contributed by atoms with van der Waals surface area (Å²) in [5.41, 5.74) is 0. The maximum atomic E-state index is 11.8. The van der Waals surface area contributed by atoms with Crippen molar-refractivity contribution in [3.8, 4) is 5.75 Å². The minimum Gasteiger partial charge on any atom is -0.494 e. The van der Waals surface area contributed by atoms with Gasteiger partial charge in [0.2, 0.25) is 0 Å². The Morgan fingerprint density at radius 3 is 2.58 bits per heavy atom. The van der Waals surface area contributed by atoms with E-state index < -0.39 is 27.0 Å². The Kier molecular flexibility index (Phi) is 4.82. The third kappa shape index (κ3) is 3.40. The first-order valence-corrected chi connectivity index (χ1v) is 7.36. The summed E-state index contributed by atoms with van der Waals surface area (Å²) in [5.74, 6) is -0.886. The molecule has 1 heterocycles.